The number of nitrogens with one attached hydrogen (secondary N) is 1. The number of amides is 1. The van der Waals surface area contributed by atoms with Crippen molar-refractivity contribution in [3.63, 3.8) is 0 Å². The number of imidazole rings is 1. The van der Waals surface area contributed by atoms with Crippen molar-refractivity contribution in [2.75, 3.05) is 13.1 Å². The summed E-state index contributed by atoms with van der Waals surface area (Å²) in [5.74, 6) is 0.239. The van der Waals surface area contributed by atoms with Gasteiger partial charge in [0.25, 0.3) is 0 Å². The molecule has 0 saturated carbocycles. The molecule has 118 valence electrons. The quantitative estimate of drug-likeness (QED) is 0.877. The Kier molecular flexibility index (Phi) is 4.71. The summed E-state index contributed by atoms with van der Waals surface area (Å²) in [5, 5.41) is 0.732. The number of aromatic amines is 1. The molecule has 1 amide bonds. The highest BCUT2D eigenvalue weighted by Crippen LogP contribution is 2.25. The normalized spacial score (nSPS) is 17.5. The van der Waals surface area contributed by atoms with Gasteiger partial charge >= 0.3 is 0 Å². The van der Waals surface area contributed by atoms with E-state index in [-0.39, 0.29) is 11.2 Å². The summed E-state index contributed by atoms with van der Waals surface area (Å²) >= 11 is 1.53. The van der Waals surface area contributed by atoms with Gasteiger partial charge in [0.05, 0.1) is 16.3 Å². The molecule has 1 aliphatic heterocycles. The van der Waals surface area contributed by atoms with Crippen LogP contribution in [0.4, 0.5) is 0 Å². The van der Waals surface area contributed by atoms with E-state index in [0.29, 0.717) is 0 Å². The van der Waals surface area contributed by atoms with Crippen molar-refractivity contribution < 1.29 is 4.79 Å². The first kappa shape index (κ1) is 15.4. The van der Waals surface area contributed by atoms with Crippen molar-refractivity contribution in [2.45, 2.75) is 49.9 Å². The summed E-state index contributed by atoms with van der Waals surface area (Å²) in [7, 11) is 0. The summed E-state index contributed by atoms with van der Waals surface area (Å²) in [6, 6.07) is 6.17. The van der Waals surface area contributed by atoms with Crippen LogP contribution in [-0.4, -0.2) is 39.1 Å². The minimum absolute atomic E-state index is 0.0974. The molecule has 1 aromatic carbocycles. The standard InChI is InChI=1S/C17H23N3OS/c1-12-7-8-14-15(11-12)19-17(18-14)22-13(2)16(21)20-9-5-3-4-6-10-20/h7-8,11,13H,3-6,9-10H2,1-2H3,(H,18,19)/t13-/m0/s1. The van der Waals surface area contributed by atoms with E-state index < -0.39 is 0 Å². The van der Waals surface area contributed by atoms with Crippen LogP contribution >= 0.6 is 11.8 Å². The molecule has 1 aliphatic rings. The monoisotopic (exact) mass is 317 g/mol. The number of likely N-dealkylation sites (tertiary alicyclic amines) is 1. The molecule has 5 heteroatoms. The predicted octanol–water partition coefficient (Wildman–Crippen LogP) is 3.75. The number of hydrogen-bond acceptors (Lipinski definition) is 3. The van der Waals surface area contributed by atoms with E-state index in [1.165, 1.54) is 30.2 Å². The first-order chi connectivity index (χ1) is 10.6. The summed E-state index contributed by atoms with van der Waals surface area (Å²) in [6.45, 7) is 5.86. The Labute approximate surface area is 135 Å². The number of benzene rings is 1. The maximum atomic E-state index is 12.6. The molecule has 0 radical (unpaired) electrons. The summed E-state index contributed by atoms with van der Waals surface area (Å²) in [5.41, 5.74) is 3.21. The number of nitrogens with zero attached hydrogens (tertiary/aromatic N) is 2. The highest BCUT2D eigenvalue weighted by Gasteiger charge is 2.23. The average molecular weight is 317 g/mol. The molecule has 2 aromatic rings. The van der Waals surface area contributed by atoms with Crippen LogP contribution in [0.5, 0.6) is 0 Å². The topological polar surface area (TPSA) is 49.0 Å². The SMILES string of the molecule is Cc1ccc2nc(S[C@@H](C)C(=O)N3CCCCCC3)[nH]c2c1. The number of thioether (sulfide) groups is 1. The van der Waals surface area contributed by atoms with E-state index in [9.17, 15) is 4.79 Å². The number of hydrogen-bond donors (Lipinski definition) is 1. The van der Waals surface area contributed by atoms with Crippen LogP contribution in [0.2, 0.25) is 0 Å². The molecule has 2 heterocycles. The first-order valence-electron chi connectivity index (χ1n) is 8.05. The fraction of sp³-hybridized carbons (Fsp3) is 0.529. The lowest BCUT2D eigenvalue weighted by Gasteiger charge is -2.23. The van der Waals surface area contributed by atoms with Crippen LogP contribution in [0.25, 0.3) is 11.0 Å². The fourth-order valence-corrected chi connectivity index (χ4v) is 3.83. The second-order valence-electron chi connectivity index (χ2n) is 6.06. The van der Waals surface area contributed by atoms with Gasteiger partial charge in [0, 0.05) is 13.1 Å². The van der Waals surface area contributed by atoms with E-state index in [2.05, 4.69) is 29.0 Å². The zero-order chi connectivity index (χ0) is 15.5. The molecule has 0 unspecified atom stereocenters. The van der Waals surface area contributed by atoms with E-state index in [1.54, 1.807) is 0 Å². The molecule has 1 atom stereocenters. The largest absolute Gasteiger partial charge is 0.342 e. The number of aromatic nitrogens is 2. The lowest BCUT2D eigenvalue weighted by Crippen LogP contribution is -2.37. The van der Waals surface area contributed by atoms with Gasteiger partial charge < -0.3 is 9.88 Å². The Morgan fingerprint density at radius 2 is 2.00 bits per heavy atom. The van der Waals surface area contributed by atoms with Gasteiger partial charge in [0.1, 0.15) is 0 Å². The Morgan fingerprint density at radius 3 is 2.73 bits per heavy atom. The molecule has 3 rings (SSSR count). The number of carbonyl (C=O) groups is 1. The number of fused-ring (bicyclic) bond motifs is 1. The second kappa shape index (κ2) is 6.73. The second-order valence-corrected chi connectivity index (χ2v) is 7.39. The molecule has 0 aliphatic carbocycles. The van der Waals surface area contributed by atoms with E-state index in [0.717, 1.165) is 42.1 Å². The average Bonchev–Trinajstić information content (AvgIpc) is 2.72. The van der Waals surface area contributed by atoms with Gasteiger partial charge in [0.2, 0.25) is 5.91 Å². The Balaban J connectivity index is 1.68. The van der Waals surface area contributed by atoms with Crippen molar-refractivity contribution >= 4 is 28.7 Å². The highest BCUT2D eigenvalue weighted by atomic mass is 32.2. The maximum absolute atomic E-state index is 12.6. The molecule has 1 N–H and O–H groups in total. The van der Waals surface area contributed by atoms with Gasteiger partial charge in [-0.1, -0.05) is 30.7 Å². The molecule has 0 spiro atoms. The lowest BCUT2D eigenvalue weighted by molar-refractivity contribution is -0.130. The van der Waals surface area contributed by atoms with Gasteiger partial charge in [-0.15, -0.1) is 0 Å². The third kappa shape index (κ3) is 3.46. The zero-order valence-electron chi connectivity index (χ0n) is 13.3. The smallest absolute Gasteiger partial charge is 0.235 e. The Bertz CT molecular complexity index is 659. The van der Waals surface area contributed by atoms with Crippen LogP contribution in [0.1, 0.15) is 38.2 Å². The van der Waals surface area contributed by atoms with Gasteiger partial charge in [-0.25, -0.2) is 4.98 Å². The predicted molar refractivity (Wildman–Crippen MR) is 91.2 cm³/mol. The van der Waals surface area contributed by atoms with Crippen molar-refractivity contribution in [3.05, 3.63) is 23.8 Å². The molecule has 0 bridgehead atoms. The molecule has 22 heavy (non-hydrogen) atoms. The van der Waals surface area contributed by atoms with Crippen LogP contribution < -0.4 is 0 Å². The van der Waals surface area contributed by atoms with Crippen molar-refractivity contribution in [2.24, 2.45) is 0 Å². The van der Waals surface area contributed by atoms with Gasteiger partial charge in [-0.05, 0) is 44.4 Å². The molecule has 4 nitrogen and oxygen atoms in total. The summed E-state index contributed by atoms with van der Waals surface area (Å²) in [4.78, 5) is 22.5. The van der Waals surface area contributed by atoms with Gasteiger partial charge in [-0.2, -0.15) is 0 Å². The number of aryl methyl sites for hydroxylation is 1. The van der Waals surface area contributed by atoms with Crippen molar-refractivity contribution in [1.82, 2.24) is 14.9 Å². The Hall–Kier alpha value is -1.49. The van der Waals surface area contributed by atoms with Crippen LogP contribution in [0.15, 0.2) is 23.4 Å². The number of H-pyrrole nitrogens is 1. The summed E-state index contributed by atoms with van der Waals surface area (Å²) < 4.78 is 0. The minimum Gasteiger partial charge on any atom is -0.342 e. The van der Waals surface area contributed by atoms with Crippen LogP contribution in [0, 0.1) is 6.92 Å². The molecular formula is C17H23N3OS. The number of rotatable bonds is 3. The maximum Gasteiger partial charge on any atom is 0.235 e. The fourth-order valence-electron chi connectivity index (χ4n) is 2.92. The van der Waals surface area contributed by atoms with Gasteiger partial charge in [0.15, 0.2) is 5.16 Å². The zero-order valence-corrected chi connectivity index (χ0v) is 14.1. The van der Waals surface area contributed by atoms with Crippen molar-refractivity contribution in [3.8, 4) is 0 Å². The number of carbonyl (C=O) groups excluding carboxylic acids is 1. The molecule has 1 fully saturated rings. The van der Waals surface area contributed by atoms with Gasteiger partial charge in [-0.3, -0.25) is 4.79 Å². The molecule has 1 saturated heterocycles. The third-order valence-corrected chi connectivity index (χ3v) is 5.14. The van der Waals surface area contributed by atoms with E-state index in [1.807, 2.05) is 17.9 Å². The van der Waals surface area contributed by atoms with Crippen LogP contribution in [-0.2, 0) is 4.79 Å². The minimum atomic E-state index is -0.0974. The van der Waals surface area contributed by atoms with Crippen molar-refractivity contribution in [1.29, 1.82) is 0 Å². The molecular weight excluding hydrogens is 294 g/mol. The van der Waals surface area contributed by atoms with E-state index >= 15 is 0 Å². The first-order valence-corrected chi connectivity index (χ1v) is 8.93. The summed E-state index contributed by atoms with van der Waals surface area (Å²) in [6.07, 6.45) is 4.75. The Morgan fingerprint density at radius 1 is 1.27 bits per heavy atom. The molecule has 1 aromatic heterocycles. The highest BCUT2D eigenvalue weighted by molar-refractivity contribution is 8.00. The third-order valence-electron chi connectivity index (χ3n) is 4.17. The van der Waals surface area contributed by atoms with E-state index in [4.69, 9.17) is 0 Å². The van der Waals surface area contributed by atoms with Crippen LogP contribution in [0.3, 0.4) is 0 Å². The lowest BCUT2D eigenvalue weighted by atomic mass is 10.2.